The van der Waals surface area contributed by atoms with Gasteiger partial charge >= 0.3 is 0 Å². The van der Waals surface area contributed by atoms with Crippen molar-refractivity contribution in [2.45, 2.75) is 31.4 Å². The minimum absolute atomic E-state index is 0.0177. The average Bonchev–Trinajstić information content (AvgIpc) is 3.83. The van der Waals surface area contributed by atoms with Gasteiger partial charge in [0.05, 0.1) is 38.2 Å². The number of aromatic nitrogens is 3. The summed E-state index contributed by atoms with van der Waals surface area (Å²) >= 11 is 0. The number of aryl methyl sites for hydroxylation is 1. The maximum absolute atomic E-state index is 12.8. The lowest BCUT2D eigenvalue weighted by molar-refractivity contribution is 0.472. The Kier molecular flexibility index (Phi) is 12.6. The molecule has 1 aromatic heterocycles. The first-order valence-corrected chi connectivity index (χ1v) is 28.8. The number of aromatic hydroxyl groups is 1. The lowest BCUT2D eigenvalue weighted by Crippen LogP contribution is -2.04. The van der Waals surface area contributed by atoms with Crippen molar-refractivity contribution in [3.8, 4) is 11.4 Å². The van der Waals surface area contributed by atoms with Crippen molar-refractivity contribution in [2.24, 2.45) is 30.7 Å². The highest BCUT2D eigenvalue weighted by molar-refractivity contribution is 7.87. The van der Waals surface area contributed by atoms with Gasteiger partial charge in [0, 0.05) is 32.3 Å². The molecule has 0 fully saturated rings. The van der Waals surface area contributed by atoms with Crippen molar-refractivity contribution >= 4 is 139 Å². The van der Waals surface area contributed by atoms with Gasteiger partial charge in [-0.3, -0.25) is 22.8 Å². The zero-order valence-corrected chi connectivity index (χ0v) is 42.6. The second-order valence-electron chi connectivity index (χ2n) is 16.8. The molecule has 10 aromatic rings. The smallest absolute Gasteiger partial charge is 0.296 e. The van der Waals surface area contributed by atoms with Crippen LogP contribution >= 0.6 is 0 Å². The summed E-state index contributed by atoms with van der Waals surface area (Å²) < 4.78 is 173. The van der Waals surface area contributed by atoms with Gasteiger partial charge in [-0.2, -0.15) is 57.1 Å². The molecule has 25 nitrogen and oxygen atoms in total. The van der Waals surface area contributed by atoms with Crippen LogP contribution in [0.5, 0.6) is 5.75 Å². The van der Waals surface area contributed by atoms with E-state index in [4.69, 9.17) is 0 Å². The van der Waals surface area contributed by atoms with E-state index in [0.29, 0.717) is 22.4 Å². The van der Waals surface area contributed by atoms with Crippen LogP contribution in [0.25, 0.3) is 59.8 Å². The Bertz CT molecular complexity index is 4940. The molecule has 1 heterocycles. The Morgan fingerprint density at radius 3 is 1.71 bits per heavy atom. The van der Waals surface area contributed by atoms with E-state index in [-0.39, 0.29) is 77.5 Å². The monoisotopic (exact) mass is 1140 g/mol. The van der Waals surface area contributed by atoms with Gasteiger partial charge in [0.25, 0.3) is 50.6 Å². The summed E-state index contributed by atoms with van der Waals surface area (Å²) in [4.78, 5) is -2.56. The molecule has 0 radical (unpaired) electrons. The van der Waals surface area contributed by atoms with Gasteiger partial charge in [-0.15, -0.1) is 30.7 Å². The van der Waals surface area contributed by atoms with Crippen molar-refractivity contribution in [1.82, 2.24) is 15.0 Å². The highest BCUT2D eigenvalue weighted by atomic mass is 32.2. The molecule has 0 amide bonds. The van der Waals surface area contributed by atoms with Crippen LogP contribution in [0.3, 0.4) is 0 Å². The van der Waals surface area contributed by atoms with E-state index in [1.807, 2.05) is 0 Å². The highest BCUT2D eigenvalue weighted by Crippen LogP contribution is 2.44. The number of phenols is 1. The molecule has 10 rings (SSSR count). The van der Waals surface area contributed by atoms with E-state index in [1.165, 1.54) is 72.8 Å². The maximum Gasteiger partial charge on any atom is 0.296 e. The van der Waals surface area contributed by atoms with Gasteiger partial charge < -0.3 is 5.11 Å². The number of rotatable bonds is 12. The average molecular weight is 1140 g/mol. The Labute approximate surface area is 434 Å². The molecular formula is C47H31N9O16S5. The molecule has 0 aliphatic carbocycles. The molecule has 390 valence electrons. The second kappa shape index (κ2) is 18.7. The lowest BCUT2D eigenvalue weighted by Gasteiger charge is -2.10. The number of fused-ring (bicyclic) bond motifs is 6. The normalized spacial score (nSPS) is 13.2. The fraction of sp³-hybridized carbons (Fsp3) is 0.0213. The molecule has 0 spiro atoms. The van der Waals surface area contributed by atoms with Crippen LogP contribution in [0.4, 0.5) is 34.1 Å². The Morgan fingerprint density at radius 1 is 0.416 bits per heavy atom. The zero-order valence-electron chi connectivity index (χ0n) is 38.5. The van der Waals surface area contributed by atoms with Crippen LogP contribution in [-0.4, -0.2) is 85.0 Å². The molecule has 9 aromatic carbocycles. The Hall–Kier alpha value is -8.43. The Balaban J connectivity index is 0.963. The van der Waals surface area contributed by atoms with Gasteiger partial charge in [-0.25, -0.2) is 0 Å². The number of nitrogens with zero attached hydrogens (tertiary/aromatic N) is 9. The summed E-state index contributed by atoms with van der Waals surface area (Å²) in [6.07, 6.45) is 0. The number of azo groups is 3. The predicted molar refractivity (Wildman–Crippen MR) is 276 cm³/mol. The predicted octanol–water partition coefficient (Wildman–Crippen LogP) is 10.5. The van der Waals surface area contributed by atoms with Gasteiger partial charge in [0.2, 0.25) is 0 Å². The fourth-order valence-corrected chi connectivity index (χ4v) is 11.4. The number of phenolic OH excluding ortho intramolecular Hbond substituents is 1. The molecule has 0 saturated carbocycles. The first kappa shape index (κ1) is 52.0. The van der Waals surface area contributed by atoms with E-state index in [2.05, 4.69) is 40.9 Å². The van der Waals surface area contributed by atoms with Crippen molar-refractivity contribution in [3.05, 3.63) is 139 Å². The molecule has 30 heteroatoms. The molecule has 0 aliphatic heterocycles. The summed E-state index contributed by atoms with van der Waals surface area (Å²) in [7, 11) is -24.6. The first-order chi connectivity index (χ1) is 36.1. The maximum atomic E-state index is 12.8. The van der Waals surface area contributed by atoms with E-state index >= 15 is 0 Å². The fourth-order valence-electron chi connectivity index (χ4n) is 8.30. The minimum Gasteiger partial charge on any atom is -0.505 e. The SMILES string of the molecule is Cc1cc(N=Nc2c(S(=O)(=O)O)cc3cc(-n4nc5ccc6c(S(=O)(=O)O)cc(S(=O)(=O)O)cc6c5n4)ccc3c2O)ccc1N=Nc1ccc(N=Nc2c(S(=O)(=O)O)ccc3ccccc23)c2cc(S(=O)(=O)O)ccc12. The van der Waals surface area contributed by atoms with E-state index in [0.717, 1.165) is 35.1 Å². The molecule has 0 aliphatic rings. The van der Waals surface area contributed by atoms with Gasteiger partial charge in [-0.05, 0) is 114 Å². The Morgan fingerprint density at radius 2 is 1.03 bits per heavy atom. The quantitative estimate of drug-likeness (QED) is 0.0489. The van der Waals surface area contributed by atoms with Crippen LogP contribution in [0.2, 0.25) is 0 Å². The van der Waals surface area contributed by atoms with E-state index < -0.39 is 86.5 Å². The minimum atomic E-state index is -5.12. The zero-order chi connectivity index (χ0) is 55.1. The summed E-state index contributed by atoms with van der Waals surface area (Å²) in [5, 5.41) is 46.4. The second-order valence-corrected chi connectivity index (χ2v) is 23.8. The lowest BCUT2D eigenvalue weighted by atomic mass is 10.1. The van der Waals surface area contributed by atoms with Gasteiger partial charge in [-0.1, -0.05) is 42.5 Å². The summed E-state index contributed by atoms with van der Waals surface area (Å²) in [6.45, 7) is 1.63. The molecular weight excluding hydrogens is 1110 g/mol. The van der Waals surface area contributed by atoms with Crippen molar-refractivity contribution in [3.63, 3.8) is 0 Å². The summed E-state index contributed by atoms with van der Waals surface area (Å²) in [5.41, 5.74) is 0.370. The summed E-state index contributed by atoms with van der Waals surface area (Å²) in [5.74, 6) is -0.715. The molecule has 6 N–H and O–H groups in total. The van der Waals surface area contributed by atoms with Crippen LogP contribution < -0.4 is 0 Å². The highest BCUT2D eigenvalue weighted by Gasteiger charge is 2.26. The molecule has 0 atom stereocenters. The third kappa shape index (κ3) is 10.1. The van der Waals surface area contributed by atoms with E-state index in [9.17, 15) is 70.0 Å². The molecule has 77 heavy (non-hydrogen) atoms. The van der Waals surface area contributed by atoms with Gasteiger partial charge in [0.15, 0.2) is 5.75 Å². The van der Waals surface area contributed by atoms with Crippen molar-refractivity contribution in [2.75, 3.05) is 0 Å². The van der Waals surface area contributed by atoms with Crippen molar-refractivity contribution in [1.29, 1.82) is 0 Å². The standard InChI is InChI=1S/C47H31N9O16S5/c1-24-18-27(7-13-37(24)49-50-38-15-16-39(35-21-29(73(58,59)60)9-11-33(35)38)51-52-45-31-5-3-2-4-25(31)6-17-41(45)75(64,65)66)48-53-46-43(77(70,71)72)20-26-19-28(8-10-32(26)47(46)57)56-54-40-14-12-34-36(44(40)55-56)22-30(74(61,62)63)23-42(34)76(67,68)69/h2-23,57H,1H3,(H,58,59,60)(H,61,62,63)(H,64,65,66)(H,67,68,69)(H,70,71,72). The molecule has 0 unspecified atom stereocenters. The van der Waals surface area contributed by atoms with E-state index in [1.54, 1.807) is 31.2 Å². The molecule has 0 bridgehead atoms. The third-order valence-electron chi connectivity index (χ3n) is 11.9. The van der Waals surface area contributed by atoms with Crippen LogP contribution in [-0.2, 0) is 50.6 Å². The van der Waals surface area contributed by atoms with Gasteiger partial charge in [0.1, 0.15) is 37.1 Å². The molecule has 0 saturated heterocycles. The number of hydrogen-bond acceptors (Lipinski definition) is 19. The van der Waals surface area contributed by atoms with Crippen LogP contribution in [0.15, 0.2) is 189 Å². The first-order valence-electron chi connectivity index (χ1n) is 21.6. The topological polar surface area (TPSA) is 397 Å². The van der Waals surface area contributed by atoms with Crippen LogP contribution in [0, 0.1) is 6.92 Å². The summed E-state index contributed by atoms with van der Waals surface area (Å²) in [6, 6.07) is 29.2. The van der Waals surface area contributed by atoms with Crippen molar-refractivity contribution < 1.29 is 70.0 Å². The largest absolute Gasteiger partial charge is 0.505 e. The van der Waals surface area contributed by atoms with Crippen LogP contribution in [0.1, 0.15) is 5.56 Å². The number of benzene rings is 9. The third-order valence-corrected chi connectivity index (χ3v) is 16.2. The number of hydrogen-bond donors (Lipinski definition) is 6.